The van der Waals surface area contributed by atoms with E-state index in [4.69, 9.17) is 0 Å². The maximum absolute atomic E-state index is 14.5. The van der Waals surface area contributed by atoms with Crippen LogP contribution < -0.4 is 0 Å². The molecule has 10 nitrogen and oxygen atoms in total. The first kappa shape index (κ1) is 52.1. The van der Waals surface area contributed by atoms with E-state index in [1.54, 1.807) is 0 Å². The summed E-state index contributed by atoms with van der Waals surface area (Å²) >= 11 is 0. The molecule has 0 saturated heterocycles. The quantitative estimate of drug-likeness (QED) is 0.0683. The second kappa shape index (κ2) is 26.3. The summed E-state index contributed by atoms with van der Waals surface area (Å²) in [6.45, 7) is 13.3. The van der Waals surface area contributed by atoms with Crippen LogP contribution in [0.25, 0.3) is 0 Å². The van der Waals surface area contributed by atoms with Gasteiger partial charge in [0, 0.05) is 99.2 Å². The van der Waals surface area contributed by atoms with Crippen molar-refractivity contribution in [2.24, 2.45) is 53.3 Å². The van der Waals surface area contributed by atoms with Gasteiger partial charge in [-0.25, -0.2) is 0 Å². The minimum Gasteiger partial charge on any atom is -0.300 e. The van der Waals surface area contributed by atoms with Crippen molar-refractivity contribution in [2.45, 2.75) is 165 Å². The lowest BCUT2D eigenvalue weighted by molar-refractivity contribution is -0.138. The van der Waals surface area contributed by atoms with E-state index in [9.17, 15) is 47.9 Å². The molecule has 1 aliphatic rings. The number of hydrogen-bond acceptors (Lipinski definition) is 10. The SMILES string of the molecule is CCCC(CC(=O)C1CCCC1C(=O)C(CC(=O)C(CC(=O)C(CCC(C)=O)CC(=O)C(CCC(C)=O)CC(C)=O)Cc1ccccc1)C(C)C)C(C)C(=O)CCC(C)=O. The standard InChI is InChI=1S/C50H72O10/c1-9-14-38(36(8)45(55)24-21-34(6)53)27-49(59)42-17-13-18-43(42)50(60)44(31(2)3)30-48(58)41(26-37-15-11-10-12-16-37)29-47(57)40(23-20-33(5)52)28-46(56)39(25-35(7)54)22-19-32(4)51/h10-12,15-16,31,36,38-44H,9,13-14,17-30H2,1-8H3. The van der Waals surface area contributed by atoms with Crippen molar-refractivity contribution in [3.8, 4) is 0 Å². The van der Waals surface area contributed by atoms with Gasteiger partial charge >= 0.3 is 0 Å². The fraction of sp³-hybridized carbons (Fsp3) is 0.680. The topological polar surface area (TPSA) is 171 Å². The summed E-state index contributed by atoms with van der Waals surface area (Å²) in [5, 5.41) is 0. The summed E-state index contributed by atoms with van der Waals surface area (Å²) in [5.41, 5.74) is 0.829. The van der Waals surface area contributed by atoms with Crippen LogP contribution in [-0.4, -0.2) is 57.8 Å². The Morgan fingerprint density at radius 3 is 1.58 bits per heavy atom. The van der Waals surface area contributed by atoms with Crippen molar-refractivity contribution in [1.82, 2.24) is 0 Å². The molecular weight excluding hydrogens is 761 g/mol. The van der Waals surface area contributed by atoms with E-state index in [0.717, 1.165) is 12.0 Å². The zero-order valence-corrected chi connectivity index (χ0v) is 37.7. The zero-order chi connectivity index (χ0) is 45.1. The second-order valence-electron chi connectivity index (χ2n) is 18.3. The predicted molar refractivity (Wildman–Crippen MR) is 231 cm³/mol. The second-order valence-corrected chi connectivity index (χ2v) is 18.3. The highest BCUT2D eigenvalue weighted by molar-refractivity contribution is 5.97. The van der Waals surface area contributed by atoms with E-state index in [-0.39, 0.29) is 153 Å². The summed E-state index contributed by atoms with van der Waals surface area (Å²) < 4.78 is 0. The highest BCUT2D eigenvalue weighted by Gasteiger charge is 2.43. The highest BCUT2D eigenvalue weighted by Crippen LogP contribution is 2.40. The van der Waals surface area contributed by atoms with Crippen molar-refractivity contribution in [3.05, 3.63) is 35.9 Å². The Hall–Kier alpha value is -4.08. The van der Waals surface area contributed by atoms with Crippen LogP contribution in [-0.2, 0) is 54.4 Å². The first-order valence-corrected chi connectivity index (χ1v) is 22.4. The van der Waals surface area contributed by atoms with Crippen molar-refractivity contribution >= 4 is 57.8 Å². The fourth-order valence-electron chi connectivity index (χ4n) is 8.98. The molecule has 0 aliphatic heterocycles. The number of carbonyl (C=O) groups excluding carboxylic acids is 10. The van der Waals surface area contributed by atoms with E-state index >= 15 is 0 Å². The normalized spacial score (nSPS) is 18.1. The molecule has 332 valence electrons. The van der Waals surface area contributed by atoms with E-state index < -0.39 is 35.5 Å². The zero-order valence-electron chi connectivity index (χ0n) is 37.7. The average molecular weight is 833 g/mol. The molecule has 0 spiro atoms. The smallest absolute Gasteiger partial charge is 0.140 e. The largest absolute Gasteiger partial charge is 0.300 e. The van der Waals surface area contributed by atoms with Gasteiger partial charge in [-0.3, -0.25) is 28.8 Å². The van der Waals surface area contributed by atoms with Crippen molar-refractivity contribution in [2.75, 3.05) is 0 Å². The molecule has 8 unspecified atom stereocenters. The number of carbonyl (C=O) groups is 10. The molecule has 0 N–H and O–H groups in total. The number of ketones is 10. The minimum atomic E-state index is -0.865. The van der Waals surface area contributed by atoms with Gasteiger partial charge in [0.15, 0.2) is 0 Å². The Balaban J connectivity index is 2.36. The first-order valence-electron chi connectivity index (χ1n) is 22.4. The Morgan fingerprint density at radius 2 is 1.07 bits per heavy atom. The van der Waals surface area contributed by atoms with Crippen molar-refractivity contribution in [3.63, 3.8) is 0 Å². The Labute approximate surface area is 358 Å². The van der Waals surface area contributed by atoms with Crippen LogP contribution in [0.1, 0.15) is 164 Å². The summed E-state index contributed by atoms with van der Waals surface area (Å²) in [4.78, 5) is 131. The van der Waals surface area contributed by atoms with Crippen LogP contribution in [0.5, 0.6) is 0 Å². The third-order valence-corrected chi connectivity index (χ3v) is 12.8. The maximum atomic E-state index is 14.5. The van der Waals surface area contributed by atoms with E-state index in [2.05, 4.69) is 0 Å². The van der Waals surface area contributed by atoms with Gasteiger partial charge in [-0.2, -0.15) is 0 Å². The van der Waals surface area contributed by atoms with Gasteiger partial charge in [-0.05, 0) is 83.6 Å². The summed E-state index contributed by atoms with van der Waals surface area (Å²) in [7, 11) is 0. The molecule has 1 saturated carbocycles. The van der Waals surface area contributed by atoms with E-state index in [0.29, 0.717) is 25.7 Å². The van der Waals surface area contributed by atoms with E-state index in [1.165, 1.54) is 27.7 Å². The number of hydrogen-bond donors (Lipinski definition) is 0. The van der Waals surface area contributed by atoms with Gasteiger partial charge in [-0.15, -0.1) is 0 Å². The lowest BCUT2D eigenvalue weighted by Crippen LogP contribution is -2.36. The Kier molecular flexibility index (Phi) is 22.8. The molecule has 60 heavy (non-hydrogen) atoms. The molecule has 2 rings (SSSR count). The lowest BCUT2D eigenvalue weighted by Gasteiger charge is -2.29. The maximum Gasteiger partial charge on any atom is 0.140 e. The molecule has 8 atom stereocenters. The van der Waals surface area contributed by atoms with Crippen molar-refractivity contribution in [1.29, 1.82) is 0 Å². The fourth-order valence-corrected chi connectivity index (χ4v) is 8.98. The number of benzene rings is 1. The van der Waals surface area contributed by atoms with Crippen LogP contribution in [0.3, 0.4) is 0 Å². The minimum absolute atomic E-state index is 0.0314. The molecule has 0 radical (unpaired) electrons. The third-order valence-electron chi connectivity index (χ3n) is 12.8. The summed E-state index contributed by atoms with van der Waals surface area (Å²) in [5.74, 6) is -6.57. The molecule has 0 amide bonds. The Bertz CT molecular complexity index is 1670. The Morgan fingerprint density at radius 1 is 0.550 bits per heavy atom. The van der Waals surface area contributed by atoms with Crippen LogP contribution in [0.2, 0.25) is 0 Å². The summed E-state index contributed by atoms with van der Waals surface area (Å²) in [6, 6.07) is 9.27. The number of Topliss-reactive ketones (excluding diaryl/α,β-unsaturated/α-hetero) is 10. The number of rotatable bonds is 32. The predicted octanol–water partition coefficient (Wildman–Crippen LogP) is 8.88. The van der Waals surface area contributed by atoms with Gasteiger partial charge in [-0.1, -0.05) is 70.9 Å². The van der Waals surface area contributed by atoms with Gasteiger partial charge in [0.05, 0.1) is 0 Å². The average Bonchev–Trinajstić information content (AvgIpc) is 3.68. The van der Waals surface area contributed by atoms with Crippen molar-refractivity contribution < 1.29 is 47.9 Å². The first-order chi connectivity index (χ1) is 28.2. The molecule has 1 fully saturated rings. The lowest BCUT2D eigenvalue weighted by atomic mass is 9.73. The molecular formula is C50H72O10. The molecule has 10 heteroatoms. The van der Waals surface area contributed by atoms with Gasteiger partial charge in [0.2, 0.25) is 0 Å². The van der Waals surface area contributed by atoms with Crippen LogP contribution >= 0.6 is 0 Å². The molecule has 0 aromatic heterocycles. The van der Waals surface area contributed by atoms with Gasteiger partial charge < -0.3 is 19.2 Å². The molecule has 0 heterocycles. The van der Waals surface area contributed by atoms with Crippen LogP contribution in [0.15, 0.2) is 30.3 Å². The van der Waals surface area contributed by atoms with E-state index in [1.807, 2.05) is 58.0 Å². The van der Waals surface area contributed by atoms with Crippen LogP contribution in [0.4, 0.5) is 0 Å². The molecule has 1 aliphatic carbocycles. The molecule has 0 bridgehead atoms. The summed E-state index contributed by atoms with van der Waals surface area (Å²) in [6.07, 6.45) is 3.93. The molecule has 1 aromatic carbocycles. The van der Waals surface area contributed by atoms with Gasteiger partial charge in [0.1, 0.15) is 57.8 Å². The monoisotopic (exact) mass is 833 g/mol. The molecule has 1 aromatic rings. The van der Waals surface area contributed by atoms with Gasteiger partial charge in [0.25, 0.3) is 0 Å². The van der Waals surface area contributed by atoms with Crippen LogP contribution in [0, 0.1) is 53.3 Å². The highest BCUT2D eigenvalue weighted by atomic mass is 16.2. The third kappa shape index (κ3) is 17.9.